The van der Waals surface area contributed by atoms with E-state index in [-0.39, 0.29) is 0 Å². The molecule has 3 aromatic heterocycles. The molecule has 18 heavy (non-hydrogen) atoms. The van der Waals surface area contributed by atoms with Gasteiger partial charge in [0, 0.05) is 17.3 Å². The van der Waals surface area contributed by atoms with Gasteiger partial charge in [0.2, 0.25) is 0 Å². The van der Waals surface area contributed by atoms with Gasteiger partial charge in [-0.05, 0) is 37.6 Å². The molecule has 3 rings (SSSR count). The molecule has 92 valence electrons. The molecule has 5 heteroatoms. The van der Waals surface area contributed by atoms with Crippen molar-refractivity contribution in [2.45, 2.75) is 18.7 Å². The first-order valence-corrected chi connectivity index (χ1v) is 6.47. The highest BCUT2D eigenvalue weighted by Gasteiger charge is 2.12. The lowest BCUT2D eigenvalue weighted by atomic mass is 10.1. The fourth-order valence-electron chi connectivity index (χ4n) is 2.18. The lowest BCUT2D eigenvalue weighted by molar-refractivity contribution is 1.13. The molecule has 3 aromatic rings. The van der Waals surface area contributed by atoms with E-state index in [1.165, 1.54) is 5.56 Å². The Morgan fingerprint density at radius 1 is 1.17 bits per heavy atom. The monoisotopic (exact) mass is 279 g/mol. The van der Waals surface area contributed by atoms with Crippen LogP contribution in [0.3, 0.4) is 0 Å². The topological polar surface area (TPSA) is 30.2 Å². The minimum Gasteiger partial charge on any atom is -0.283 e. The molecule has 0 aromatic carbocycles. The fourth-order valence-corrected chi connectivity index (χ4v) is 2.39. The number of fused-ring (bicyclic) bond motifs is 3. The molecule has 3 heterocycles. The summed E-state index contributed by atoms with van der Waals surface area (Å²) < 4.78 is 1.93. The fraction of sp³-hybridized carbons (Fsp3) is 0.231. The quantitative estimate of drug-likeness (QED) is 0.631. The van der Waals surface area contributed by atoms with Crippen LogP contribution in [-0.4, -0.2) is 14.4 Å². The Kier molecular flexibility index (Phi) is 2.68. The lowest BCUT2D eigenvalue weighted by Gasteiger charge is -2.05. The van der Waals surface area contributed by atoms with Gasteiger partial charge in [-0.3, -0.25) is 4.40 Å². The third kappa shape index (κ3) is 1.74. The number of rotatable bonds is 1. The second kappa shape index (κ2) is 4.11. The highest BCUT2D eigenvalue weighted by Crippen LogP contribution is 2.26. The predicted molar refractivity (Wildman–Crippen MR) is 74.4 cm³/mol. The van der Waals surface area contributed by atoms with Crippen LogP contribution in [0.2, 0.25) is 0 Å². The van der Waals surface area contributed by atoms with E-state index in [0.717, 1.165) is 22.4 Å². The summed E-state index contributed by atoms with van der Waals surface area (Å²) in [6, 6.07) is 6.05. The average Bonchev–Trinajstić information content (AvgIpc) is 2.72. The molecule has 0 bridgehead atoms. The van der Waals surface area contributed by atoms with Gasteiger partial charge < -0.3 is 0 Å². The van der Waals surface area contributed by atoms with Gasteiger partial charge in [0.15, 0.2) is 4.84 Å². The van der Waals surface area contributed by atoms with E-state index in [2.05, 4.69) is 23.0 Å². The van der Waals surface area contributed by atoms with Crippen LogP contribution in [0.4, 0.5) is 0 Å². The predicted octanol–water partition coefficient (Wildman–Crippen LogP) is 3.98. The van der Waals surface area contributed by atoms with Crippen LogP contribution < -0.4 is 0 Å². The van der Waals surface area contributed by atoms with Crippen molar-refractivity contribution in [2.75, 3.05) is 0 Å². The highest BCUT2D eigenvalue weighted by molar-refractivity contribution is 6.43. The summed E-state index contributed by atoms with van der Waals surface area (Å²) in [5, 5.41) is 1.11. The third-order valence-electron chi connectivity index (χ3n) is 2.98. The first kappa shape index (κ1) is 11.8. The van der Waals surface area contributed by atoms with Crippen LogP contribution in [0.25, 0.3) is 16.7 Å². The summed E-state index contributed by atoms with van der Waals surface area (Å²) in [6.45, 7) is 4.06. The standard InChI is InChI=1S/C13H11Cl2N3/c1-7-5-8(2)16-13-9(7)3-4-11-17-10(12(14)15)6-18(11)13/h3-6,12H,1-2H3. The molecule has 0 aliphatic rings. The smallest absolute Gasteiger partial charge is 0.151 e. The van der Waals surface area contributed by atoms with Crippen LogP contribution in [-0.2, 0) is 0 Å². The first-order chi connectivity index (χ1) is 8.56. The molecule has 0 saturated carbocycles. The molecular weight excluding hydrogens is 269 g/mol. The van der Waals surface area contributed by atoms with E-state index in [1.54, 1.807) is 0 Å². The van der Waals surface area contributed by atoms with Crippen molar-refractivity contribution in [3.8, 4) is 0 Å². The van der Waals surface area contributed by atoms with Crippen molar-refractivity contribution in [1.29, 1.82) is 0 Å². The minimum absolute atomic E-state index is 0.620. The zero-order chi connectivity index (χ0) is 12.9. The van der Waals surface area contributed by atoms with Crippen molar-refractivity contribution in [3.05, 3.63) is 41.3 Å². The lowest BCUT2D eigenvalue weighted by Crippen LogP contribution is -1.94. The maximum absolute atomic E-state index is 5.86. The van der Waals surface area contributed by atoms with Crippen LogP contribution in [0.15, 0.2) is 24.4 Å². The number of hydrogen-bond donors (Lipinski definition) is 0. The Balaban J connectivity index is 2.44. The summed E-state index contributed by atoms with van der Waals surface area (Å²) in [4.78, 5) is 8.34. The number of nitrogens with zero attached hydrogens (tertiary/aromatic N) is 3. The Bertz CT molecular complexity index is 747. The van der Waals surface area contributed by atoms with Crippen LogP contribution in [0.1, 0.15) is 21.8 Å². The van der Waals surface area contributed by atoms with Gasteiger partial charge in [-0.1, -0.05) is 23.2 Å². The number of hydrogen-bond acceptors (Lipinski definition) is 2. The second-order valence-corrected chi connectivity index (χ2v) is 5.44. The van der Waals surface area contributed by atoms with E-state index < -0.39 is 4.84 Å². The molecule has 0 amide bonds. The molecule has 0 fully saturated rings. The molecule has 0 unspecified atom stereocenters. The number of aryl methyl sites for hydroxylation is 2. The third-order valence-corrected chi connectivity index (χ3v) is 3.42. The van der Waals surface area contributed by atoms with E-state index >= 15 is 0 Å². The highest BCUT2D eigenvalue weighted by atomic mass is 35.5. The number of aromatic nitrogens is 3. The first-order valence-electron chi connectivity index (χ1n) is 5.60. The molecule has 3 nitrogen and oxygen atoms in total. The summed E-state index contributed by atoms with van der Waals surface area (Å²) in [5.41, 5.74) is 4.52. The van der Waals surface area contributed by atoms with E-state index in [0.29, 0.717) is 5.69 Å². The molecule has 0 atom stereocenters. The van der Waals surface area contributed by atoms with Crippen LogP contribution >= 0.6 is 23.2 Å². The van der Waals surface area contributed by atoms with Crippen molar-refractivity contribution < 1.29 is 0 Å². The molecule has 0 spiro atoms. The van der Waals surface area contributed by atoms with Crippen molar-refractivity contribution in [2.24, 2.45) is 0 Å². The van der Waals surface area contributed by atoms with Gasteiger partial charge >= 0.3 is 0 Å². The largest absolute Gasteiger partial charge is 0.283 e. The van der Waals surface area contributed by atoms with Gasteiger partial charge in [-0.25, -0.2) is 9.97 Å². The number of imidazole rings is 1. The van der Waals surface area contributed by atoms with Gasteiger partial charge in [0.25, 0.3) is 0 Å². The van der Waals surface area contributed by atoms with E-state index in [9.17, 15) is 0 Å². The van der Waals surface area contributed by atoms with Gasteiger partial charge in [0.1, 0.15) is 11.3 Å². The zero-order valence-corrected chi connectivity index (χ0v) is 11.5. The molecule has 0 saturated heterocycles. The Hall–Kier alpha value is -1.32. The van der Waals surface area contributed by atoms with Gasteiger partial charge in [0.05, 0.1) is 5.69 Å². The van der Waals surface area contributed by atoms with E-state index in [4.69, 9.17) is 23.2 Å². The Morgan fingerprint density at radius 3 is 2.67 bits per heavy atom. The van der Waals surface area contributed by atoms with Crippen molar-refractivity contribution in [3.63, 3.8) is 0 Å². The Labute approximate surface area is 114 Å². The van der Waals surface area contributed by atoms with Gasteiger partial charge in [-0.2, -0.15) is 0 Å². The zero-order valence-electron chi connectivity index (χ0n) is 9.98. The average molecular weight is 280 g/mol. The molecular formula is C13H11Cl2N3. The summed E-state index contributed by atoms with van der Waals surface area (Å²) in [7, 11) is 0. The molecule has 0 aliphatic carbocycles. The summed E-state index contributed by atoms with van der Waals surface area (Å²) in [5.74, 6) is 0. The summed E-state index contributed by atoms with van der Waals surface area (Å²) in [6.07, 6.45) is 1.84. The number of halogens is 2. The Morgan fingerprint density at radius 2 is 1.94 bits per heavy atom. The molecule has 0 radical (unpaired) electrons. The maximum Gasteiger partial charge on any atom is 0.151 e. The number of alkyl halides is 2. The second-order valence-electron chi connectivity index (χ2n) is 4.35. The van der Waals surface area contributed by atoms with Gasteiger partial charge in [-0.15, -0.1) is 0 Å². The number of pyridine rings is 2. The van der Waals surface area contributed by atoms with Crippen LogP contribution in [0.5, 0.6) is 0 Å². The molecule has 0 N–H and O–H groups in total. The SMILES string of the molecule is Cc1cc(C)c2ccc3nc(C(Cl)Cl)cn3c2n1. The van der Waals surface area contributed by atoms with E-state index in [1.807, 2.05) is 29.7 Å². The maximum atomic E-state index is 5.86. The molecule has 0 aliphatic heterocycles. The summed E-state index contributed by atoms with van der Waals surface area (Å²) >= 11 is 11.7. The normalized spacial score (nSPS) is 11.8. The minimum atomic E-state index is -0.620. The van der Waals surface area contributed by atoms with Crippen molar-refractivity contribution >= 4 is 39.9 Å². The van der Waals surface area contributed by atoms with Crippen molar-refractivity contribution in [1.82, 2.24) is 14.4 Å². The van der Waals surface area contributed by atoms with Crippen LogP contribution in [0, 0.1) is 13.8 Å².